The number of rotatable bonds is 3. The number of carbonyl (C=O) groups is 1. The van der Waals surface area contributed by atoms with Crippen LogP contribution in [-0.4, -0.2) is 22.9 Å². The molecule has 0 spiro atoms. The maximum absolute atomic E-state index is 11.4. The second-order valence-electron chi connectivity index (χ2n) is 3.04. The molecule has 0 aliphatic rings. The summed E-state index contributed by atoms with van der Waals surface area (Å²) in [6.07, 6.45) is 0. The standard InChI is InChI=1S/C10H12ClNO2/c1-7(11)6-12-10(14)8-3-2-4-9(13)5-8/h2-5,7,13H,6H2,1H3,(H,12,14). The number of amides is 1. The number of aromatic hydroxyl groups is 1. The largest absolute Gasteiger partial charge is 0.508 e. The second kappa shape index (κ2) is 4.86. The van der Waals surface area contributed by atoms with Crippen molar-refractivity contribution in [2.45, 2.75) is 12.3 Å². The summed E-state index contributed by atoms with van der Waals surface area (Å²) in [4.78, 5) is 11.4. The second-order valence-corrected chi connectivity index (χ2v) is 3.79. The van der Waals surface area contributed by atoms with Gasteiger partial charge in [0.05, 0.1) is 0 Å². The van der Waals surface area contributed by atoms with Gasteiger partial charge in [0.1, 0.15) is 5.75 Å². The lowest BCUT2D eigenvalue weighted by Gasteiger charge is -2.06. The van der Waals surface area contributed by atoms with Crippen LogP contribution in [-0.2, 0) is 0 Å². The fourth-order valence-corrected chi connectivity index (χ4v) is 1.06. The van der Waals surface area contributed by atoms with E-state index in [9.17, 15) is 4.79 Å². The molecule has 1 unspecified atom stereocenters. The Kier molecular flexibility index (Phi) is 3.77. The summed E-state index contributed by atoms with van der Waals surface area (Å²) in [6.45, 7) is 2.21. The van der Waals surface area contributed by atoms with Gasteiger partial charge in [-0.3, -0.25) is 4.79 Å². The number of halogens is 1. The van der Waals surface area contributed by atoms with Crippen LogP contribution in [0.2, 0.25) is 0 Å². The highest BCUT2D eigenvalue weighted by molar-refractivity contribution is 6.20. The molecule has 0 aliphatic heterocycles. The van der Waals surface area contributed by atoms with E-state index in [-0.39, 0.29) is 17.0 Å². The van der Waals surface area contributed by atoms with Crippen LogP contribution in [0.25, 0.3) is 0 Å². The number of hydrogen-bond donors (Lipinski definition) is 2. The SMILES string of the molecule is CC(Cl)CNC(=O)c1cccc(O)c1. The van der Waals surface area contributed by atoms with E-state index in [4.69, 9.17) is 16.7 Å². The average molecular weight is 214 g/mol. The first-order valence-electron chi connectivity index (χ1n) is 4.31. The number of phenols is 1. The fourth-order valence-electron chi connectivity index (χ4n) is 0.983. The first kappa shape index (κ1) is 10.9. The number of hydrogen-bond acceptors (Lipinski definition) is 2. The van der Waals surface area contributed by atoms with Crippen LogP contribution in [0.1, 0.15) is 17.3 Å². The van der Waals surface area contributed by atoms with Gasteiger partial charge in [-0.25, -0.2) is 0 Å². The minimum atomic E-state index is -0.228. The zero-order valence-electron chi connectivity index (χ0n) is 7.83. The molecule has 1 aromatic rings. The molecule has 0 bridgehead atoms. The van der Waals surface area contributed by atoms with Crippen LogP contribution >= 0.6 is 11.6 Å². The normalized spacial score (nSPS) is 12.1. The third-order valence-electron chi connectivity index (χ3n) is 1.65. The zero-order valence-corrected chi connectivity index (χ0v) is 8.58. The first-order chi connectivity index (χ1) is 6.59. The molecule has 3 nitrogen and oxygen atoms in total. The summed E-state index contributed by atoms with van der Waals surface area (Å²) in [7, 11) is 0. The molecule has 0 heterocycles. The van der Waals surface area contributed by atoms with Crippen molar-refractivity contribution < 1.29 is 9.90 Å². The van der Waals surface area contributed by atoms with Gasteiger partial charge in [0.15, 0.2) is 0 Å². The molecule has 0 fully saturated rings. The predicted octanol–water partition coefficient (Wildman–Crippen LogP) is 1.75. The van der Waals surface area contributed by atoms with E-state index in [1.54, 1.807) is 19.1 Å². The van der Waals surface area contributed by atoms with Gasteiger partial charge >= 0.3 is 0 Å². The Morgan fingerprint density at radius 1 is 1.64 bits per heavy atom. The Morgan fingerprint density at radius 3 is 2.93 bits per heavy atom. The molecule has 1 rings (SSSR count). The molecule has 4 heteroatoms. The Morgan fingerprint density at radius 2 is 2.36 bits per heavy atom. The summed E-state index contributed by atoms with van der Waals surface area (Å²) >= 11 is 5.68. The minimum absolute atomic E-state index is 0.0802. The maximum Gasteiger partial charge on any atom is 0.251 e. The number of alkyl halides is 1. The van der Waals surface area contributed by atoms with Crippen LogP contribution in [0.15, 0.2) is 24.3 Å². The molecule has 76 valence electrons. The number of benzene rings is 1. The Labute approximate surface area is 87.7 Å². The summed E-state index contributed by atoms with van der Waals surface area (Å²) in [5.74, 6) is -0.148. The van der Waals surface area contributed by atoms with E-state index >= 15 is 0 Å². The van der Waals surface area contributed by atoms with Gasteiger partial charge in [0, 0.05) is 17.5 Å². The summed E-state index contributed by atoms with van der Waals surface area (Å²) < 4.78 is 0. The summed E-state index contributed by atoms with van der Waals surface area (Å²) in [5, 5.41) is 11.7. The highest BCUT2D eigenvalue weighted by Gasteiger charge is 2.06. The monoisotopic (exact) mass is 213 g/mol. The van der Waals surface area contributed by atoms with Gasteiger partial charge in [-0.05, 0) is 25.1 Å². The smallest absolute Gasteiger partial charge is 0.251 e. The molecule has 1 amide bonds. The fraction of sp³-hybridized carbons (Fsp3) is 0.300. The van der Waals surface area contributed by atoms with E-state index in [2.05, 4.69) is 5.32 Å². The van der Waals surface area contributed by atoms with Crippen molar-refractivity contribution in [3.8, 4) is 5.75 Å². The van der Waals surface area contributed by atoms with E-state index in [0.717, 1.165) is 0 Å². The lowest BCUT2D eigenvalue weighted by atomic mass is 10.2. The lowest BCUT2D eigenvalue weighted by molar-refractivity contribution is 0.0953. The van der Waals surface area contributed by atoms with Gasteiger partial charge < -0.3 is 10.4 Å². The van der Waals surface area contributed by atoms with E-state index < -0.39 is 0 Å². The number of carbonyl (C=O) groups excluding carboxylic acids is 1. The van der Waals surface area contributed by atoms with Gasteiger partial charge in [-0.15, -0.1) is 11.6 Å². The Bertz CT molecular complexity index is 326. The Hall–Kier alpha value is -1.22. The minimum Gasteiger partial charge on any atom is -0.508 e. The zero-order chi connectivity index (χ0) is 10.6. The average Bonchev–Trinajstić information content (AvgIpc) is 2.14. The molecule has 0 saturated heterocycles. The van der Waals surface area contributed by atoms with E-state index in [0.29, 0.717) is 12.1 Å². The molecule has 1 aromatic carbocycles. The van der Waals surface area contributed by atoms with Crippen molar-refractivity contribution in [1.29, 1.82) is 0 Å². The summed E-state index contributed by atoms with van der Waals surface area (Å²) in [6, 6.07) is 6.18. The van der Waals surface area contributed by atoms with Crippen LogP contribution in [0.3, 0.4) is 0 Å². The van der Waals surface area contributed by atoms with Gasteiger partial charge in [-0.1, -0.05) is 6.07 Å². The maximum atomic E-state index is 11.4. The molecule has 2 N–H and O–H groups in total. The molecular weight excluding hydrogens is 202 g/mol. The number of phenolic OH excluding ortho intramolecular Hbond substituents is 1. The quantitative estimate of drug-likeness (QED) is 0.752. The Balaban J connectivity index is 2.61. The van der Waals surface area contributed by atoms with Crippen LogP contribution < -0.4 is 5.32 Å². The summed E-state index contributed by atoms with van der Waals surface area (Å²) in [5.41, 5.74) is 0.433. The van der Waals surface area contributed by atoms with E-state index in [1.807, 2.05) is 0 Å². The molecule has 0 saturated carbocycles. The molecule has 14 heavy (non-hydrogen) atoms. The third kappa shape index (κ3) is 3.26. The van der Waals surface area contributed by atoms with E-state index in [1.165, 1.54) is 12.1 Å². The lowest BCUT2D eigenvalue weighted by Crippen LogP contribution is -2.28. The van der Waals surface area contributed by atoms with Gasteiger partial charge in [-0.2, -0.15) is 0 Å². The topological polar surface area (TPSA) is 49.3 Å². The van der Waals surface area contributed by atoms with Crippen LogP contribution in [0.5, 0.6) is 5.75 Å². The van der Waals surface area contributed by atoms with Gasteiger partial charge in [0.25, 0.3) is 5.91 Å². The van der Waals surface area contributed by atoms with Crippen molar-refractivity contribution >= 4 is 17.5 Å². The third-order valence-corrected chi connectivity index (χ3v) is 1.81. The van der Waals surface area contributed by atoms with Crippen molar-refractivity contribution in [2.75, 3.05) is 6.54 Å². The van der Waals surface area contributed by atoms with Crippen LogP contribution in [0, 0.1) is 0 Å². The van der Waals surface area contributed by atoms with Gasteiger partial charge in [0.2, 0.25) is 0 Å². The molecule has 0 aromatic heterocycles. The molecule has 0 aliphatic carbocycles. The van der Waals surface area contributed by atoms with Crippen molar-refractivity contribution in [1.82, 2.24) is 5.32 Å². The molecule has 1 atom stereocenters. The predicted molar refractivity (Wildman–Crippen MR) is 55.8 cm³/mol. The van der Waals surface area contributed by atoms with Crippen molar-refractivity contribution in [2.24, 2.45) is 0 Å². The van der Waals surface area contributed by atoms with Crippen LogP contribution in [0.4, 0.5) is 0 Å². The highest BCUT2D eigenvalue weighted by atomic mass is 35.5. The highest BCUT2D eigenvalue weighted by Crippen LogP contribution is 2.10. The molecule has 0 radical (unpaired) electrons. The first-order valence-corrected chi connectivity index (χ1v) is 4.74. The van der Waals surface area contributed by atoms with Crippen molar-refractivity contribution in [3.63, 3.8) is 0 Å². The van der Waals surface area contributed by atoms with Crippen molar-refractivity contribution in [3.05, 3.63) is 29.8 Å². The number of nitrogens with one attached hydrogen (secondary N) is 1. The molecular formula is C10H12ClNO2.